The molecule has 5 heteroatoms. The predicted octanol–water partition coefficient (Wildman–Crippen LogP) is 1.41. The first-order valence-electron chi connectivity index (χ1n) is 6.70. The van der Waals surface area contributed by atoms with E-state index in [9.17, 15) is 4.79 Å². The molecule has 5 nitrogen and oxygen atoms in total. The van der Waals surface area contributed by atoms with Crippen molar-refractivity contribution in [1.29, 1.82) is 0 Å². The number of rotatable bonds is 7. The summed E-state index contributed by atoms with van der Waals surface area (Å²) in [6, 6.07) is 7.60. The van der Waals surface area contributed by atoms with Gasteiger partial charge in [-0.25, -0.2) is 0 Å². The molecule has 2 unspecified atom stereocenters. The molecule has 1 aromatic rings. The van der Waals surface area contributed by atoms with Gasteiger partial charge in [0.05, 0.1) is 13.7 Å². The van der Waals surface area contributed by atoms with Gasteiger partial charge in [0.1, 0.15) is 11.9 Å². The number of nitrogens with two attached hydrogens (primary N) is 1. The predicted molar refractivity (Wildman–Crippen MR) is 78.5 cm³/mol. The van der Waals surface area contributed by atoms with Crippen molar-refractivity contribution in [2.45, 2.75) is 32.6 Å². The molecule has 20 heavy (non-hydrogen) atoms. The lowest BCUT2D eigenvalue weighted by molar-refractivity contribution is -0.143. The number of hydrogen-bond donors (Lipinski definition) is 1. The Morgan fingerprint density at radius 1 is 1.40 bits per heavy atom. The quantitative estimate of drug-likeness (QED) is 0.820. The number of carbonyl (C=O) groups is 1. The van der Waals surface area contributed by atoms with Crippen LogP contribution in [-0.4, -0.2) is 43.7 Å². The van der Waals surface area contributed by atoms with E-state index in [2.05, 4.69) is 0 Å². The van der Waals surface area contributed by atoms with E-state index in [4.69, 9.17) is 15.2 Å². The number of hydrogen-bond acceptors (Lipinski definition) is 4. The van der Waals surface area contributed by atoms with Gasteiger partial charge in [-0.15, -0.1) is 0 Å². The molecular formula is C15H24N2O3. The summed E-state index contributed by atoms with van der Waals surface area (Å²) < 4.78 is 10.8. The Kier molecular flexibility index (Phi) is 6.48. The van der Waals surface area contributed by atoms with Crippen LogP contribution in [0.5, 0.6) is 5.75 Å². The van der Waals surface area contributed by atoms with Crippen molar-refractivity contribution in [2.24, 2.45) is 5.73 Å². The summed E-state index contributed by atoms with van der Waals surface area (Å²) in [5.74, 6) is 0.713. The number of carbonyl (C=O) groups excluding carboxylic acids is 1. The zero-order valence-corrected chi connectivity index (χ0v) is 12.6. The highest BCUT2D eigenvalue weighted by Crippen LogP contribution is 2.14. The Morgan fingerprint density at radius 2 is 2.10 bits per heavy atom. The van der Waals surface area contributed by atoms with Crippen molar-refractivity contribution >= 4 is 5.91 Å². The summed E-state index contributed by atoms with van der Waals surface area (Å²) in [7, 11) is 3.36. The molecule has 0 aliphatic carbocycles. The van der Waals surface area contributed by atoms with Crippen LogP contribution in [-0.2, 0) is 16.1 Å². The van der Waals surface area contributed by atoms with E-state index in [0.717, 1.165) is 11.3 Å². The Balaban J connectivity index is 2.53. The zero-order valence-electron chi connectivity index (χ0n) is 12.6. The van der Waals surface area contributed by atoms with Crippen LogP contribution in [0.15, 0.2) is 24.3 Å². The van der Waals surface area contributed by atoms with Gasteiger partial charge in [0.25, 0.3) is 5.91 Å². The SMILES string of the molecule is COc1cccc(COC(C)C(=O)N(C)C(C)CN)c1. The third-order valence-corrected chi connectivity index (χ3v) is 3.33. The van der Waals surface area contributed by atoms with Crippen LogP contribution in [0, 0.1) is 0 Å². The van der Waals surface area contributed by atoms with Crippen LogP contribution in [0.2, 0.25) is 0 Å². The van der Waals surface area contributed by atoms with Gasteiger partial charge < -0.3 is 20.1 Å². The highest BCUT2D eigenvalue weighted by molar-refractivity contribution is 5.80. The Labute approximate surface area is 120 Å². The molecule has 112 valence electrons. The molecular weight excluding hydrogens is 256 g/mol. The molecule has 1 amide bonds. The molecule has 0 saturated heterocycles. The highest BCUT2D eigenvalue weighted by Gasteiger charge is 2.21. The molecule has 0 fully saturated rings. The highest BCUT2D eigenvalue weighted by atomic mass is 16.5. The van der Waals surface area contributed by atoms with Gasteiger partial charge in [0.2, 0.25) is 0 Å². The Hall–Kier alpha value is -1.59. The van der Waals surface area contributed by atoms with Crippen molar-refractivity contribution in [3.8, 4) is 5.75 Å². The summed E-state index contributed by atoms with van der Waals surface area (Å²) in [5, 5.41) is 0. The minimum Gasteiger partial charge on any atom is -0.497 e. The second-order valence-corrected chi connectivity index (χ2v) is 4.84. The Bertz CT molecular complexity index is 437. The number of nitrogens with zero attached hydrogens (tertiary/aromatic N) is 1. The van der Waals surface area contributed by atoms with Crippen molar-refractivity contribution in [3.05, 3.63) is 29.8 Å². The number of methoxy groups -OCH3 is 1. The second-order valence-electron chi connectivity index (χ2n) is 4.84. The first-order chi connectivity index (χ1) is 9.49. The summed E-state index contributed by atoms with van der Waals surface area (Å²) in [5.41, 5.74) is 6.53. The zero-order chi connectivity index (χ0) is 15.1. The number of benzene rings is 1. The molecule has 0 heterocycles. The molecule has 0 aliphatic heterocycles. The molecule has 0 bridgehead atoms. The lowest BCUT2D eigenvalue weighted by Gasteiger charge is -2.26. The fourth-order valence-electron chi connectivity index (χ4n) is 1.72. The van der Waals surface area contributed by atoms with Gasteiger partial charge in [0.15, 0.2) is 0 Å². The first-order valence-corrected chi connectivity index (χ1v) is 6.70. The third-order valence-electron chi connectivity index (χ3n) is 3.33. The second kappa shape index (κ2) is 7.87. The Morgan fingerprint density at radius 3 is 2.70 bits per heavy atom. The van der Waals surface area contributed by atoms with Crippen LogP contribution >= 0.6 is 0 Å². The van der Waals surface area contributed by atoms with E-state index >= 15 is 0 Å². The van der Waals surface area contributed by atoms with E-state index in [1.165, 1.54) is 0 Å². The van der Waals surface area contributed by atoms with Gasteiger partial charge in [-0.2, -0.15) is 0 Å². The molecule has 0 radical (unpaired) electrons. The third kappa shape index (κ3) is 4.51. The van der Waals surface area contributed by atoms with Crippen LogP contribution in [0.25, 0.3) is 0 Å². The number of ether oxygens (including phenoxy) is 2. The maximum atomic E-state index is 12.1. The van der Waals surface area contributed by atoms with Gasteiger partial charge in [-0.05, 0) is 31.5 Å². The molecule has 1 aromatic carbocycles. The van der Waals surface area contributed by atoms with Crippen LogP contribution in [0.3, 0.4) is 0 Å². The molecule has 0 aliphatic rings. The molecule has 2 atom stereocenters. The van der Waals surface area contributed by atoms with E-state index in [0.29, 0.717) is 13.2 Å². The average molecular weight is 280 g/mol. The monoisotopic (exact) mass is 280 g/mol. The van der Waals surface area contributed by atoms with Gasteiger partial charge in [-0.1, -0.05) is 12.1 Å². The van der Waals surface area contributed by atoms with Gasteiger partial charge in [0, 0.05) is 19.6 Å². The summed E-state index contributed by atoms with van der Waals surface area (Å²) in [6.45, 7) is 4.47. The van der Waals surface area contributed by atoms with Crippen LogP contribution < -0.4 is 10.5 Å². The van der Waals surface area contributed by atoms with E-state index < -0.39 is 6.10 Å². The minimum absolute atomic E-state index is 0.00497. The number of likely N-dealkylation sites (N-methyl/N-ethyl adjacent to an activating group) is 1. The maximum Gasteiger partial charge on any atom is 0.251 e. The lowest BCUT2D eigenvalue weighted by Crippen LogP contribution is -2.44. The summed E-state index contributed by atoms with van der Waals surface area (Å²) in [4.78, 5) is 13.7. The minimum atomic E-state index is -0.500. The smallest absolute Gasteiger partial charge is 0.251 e. The molecule has 0 aromatic heterocycles. The van der Waals surface area contributed by atoms with Gasteiger partial charge >= 0.3 is 0 Å². The van der Waals surface area contributed by atoms with E-state index in [-0.39, 0.29) is 11.9 Å². The molecule has 0 saturated carbocycles. The van der Waals surface area contributed by atoms with Crippen molar-refractivity contribution in [2.75, 3.05) is 20.7 Å². The number of amides is 1. The average Bonchev–Trinajstić information content (AvgIpc) is 2.50. The standard InChI is InChI=1S/C15H24N2O3/c1-11(9-16)17(3)15(18)12(2)20-10-13-6-5-7-14(8-13)19-4/h5-8,11-12H,9-10,16H2,1-4H3. The van der Waals surface area contributed by atoms with Crippen LogP contribution in [0.4, 0.5) is 0 Å². The summed E-state index contributed by atoms with van der Waals surface area (Å²) >= 11 is 0. The van der Waals surface area contributed by atoms with E-state index in [1.807, 2.05) is 31.2 Å². The normalized spacial score (nSPS) is 13.7. The fraction of sp³-hybridized carbons (Fsp3) is 0.533. The maximum absolute atomic E-state index is 12.1. The molecule has 0 spiro atoms. The first kappa shape index (κ1) is 16.5. The van der Waals surface area contributed by atoms with Gasteiger partial charge in [-0.3, -0.25) is 4.79 Å². The topological polar surface area (TPSA) is 64.8 Å². The molecule has 1 rings (SSSR count). The largest absolute Gasteiger partial charge is 0.497 e. The van der Waals surface area contributed by atoms with Crippen molar-refractivity contribution in [1.82, 2.24) is 4.90 Å². The van der Waals surface area contributed by atoms with Crippen LogP contribution in [0.1, 0.15) is 19.4 Å². The van der Waals surface area contributed by atoms with Crippen molar-refractivity contribution < 1.29 is 14.3 Å². The van der Waals surface area contributed by atoms with Crippen molar-refractivity contribution in [3.63, 3.8) is 0 Å². The van der Waals surface area contributed by atoms with E-state index in [1.54, 1.807) is 26.0 Å². The lowest BCUT2D eigenvalue weighted by atomic mass is 10.2. The molecule has 2 N–H and O–H groups in total. The summed E-state index contributed by atoms with van der Waals surface area (Å²) in [6.07, 6.45) is -0.500. The fourth-order valence-corrected chi connectivity index (χ4v) is 1.72.